The molecule has 11 nitrogen and oxygen atoms in total. The quantitative estimate of drug-likeness (QED) is 0.420. The van der Waals surface area contributed by atoms with E-state index in [9.17, 15) is 22.8 Å². The summed E-state index contributed by atoms with van der Waals surface area (Å²) in [5, 5.41) is 7.75. The minimum Gasteiger partial charge on any atom is -0.453 e. The Balaban J connectivity index is 2.57. The molecule has 0 bridgehead atoms. The van der Waals surface area contributed by atoms with Crippen molar-refractivity contribution in [1.29, 1.82) is 0 Å². The number of carbonyl (C=O) groups excluding carboxylic acids is 3. The maximum Gasteiger partial charge on any atom is 0.436 e. The van der Waals surface area contributed by atoms with Crippen molar-refractivity contribution in [1.82, 2.24) is 5.32 Å². The van der Waals surface area contributed by atoms with Crippen LogP contribution in [0.3, 0.4) is 0 Å². The number of sulfone groups is 1. The molecule has 0 aliphatic carbocycles. The van der Waals surface area contributed by atoms with Crippen molar-refractivity contribution in [3.05, 3.63) is 47.5 Å². The van der Waals surface area contributed by atoms with Crippen molar-refractivity contribution in [3.63, 3.8) is 0 Å². The SMILES string of the molecule is CCC(=O)Nc1ccc(S(=O)(=O)c2ccc(Cl)cc2)cc1NC(=NC(=O)OC)NC(=O)OC. The number of hydrogen-bond acceptors (Lipinski definition) is 7. The van der Waals surface area contributed by atoms with Crippen LogP contribution in [0, 0.1) is 0 Å². The van der Waals surface area contributed by atoms with Crippen molar-refractivity contribution in [3.8, 4) is 0 Å². The molecule has 3 N–H and O–H groups in total. The fourth-order valence-electron chi connectivity index (χ4n) is 2.39. The molecule has 0 saturated carbocycles. The predicted octanol–water partition coefficient (Wildman–Crippen LogP) is 3.41. The van der Waals surface area contributed by atoms with Gasteiger partial charge < -0.3 is 20.1 Å². The third-order valence-corrected chi connectivity index (χ3v) is 6.08. The number of aliphatic imine (C=N–C) groups is 1. The molecule has 0 atom stereocenters. The zero-order chi connectivity index (χ0) is 24.6. The normalized spacial score (nSPS) is 11.3. The van der Waals surface area contributed by atoms with Gasteiger partial charge >= 0.3 is 12.2 Å². The molecule has 13 heteroatoms. The molecule has 0 aliphatic heterocycles. The van der Waals surface area contributed by atoms with Gasteiger partial charge in [-0.3, -0.25) is 10.1 Å². The number of anilines is 2. The highest BCUT2D eigenvalue weighted by molar-refractivity contribution is 7.91. The molecular weight excluding hydrogens is 476 g/mol. The molecule has 0 aliphatic rings. The molecule has 2 rings (SSSR count). The molecule has 0 fully saturated rings. The molecule has 33 heavy (non-hydrogen) atoms. The van der Waals surface area contributed by atoms with Gasteiger partial charge in [0.2, 0.25) is 21.7 Å². The fraction of sp³-hybridized carbons (Fsp3) is 0.200. The van der Waals surface area contributed by atoms with Crippen molar-refractivity contribution >= 4 is 56.9 Å². The van der Waals surface area contributed by atoms with Gasteiger partial charge in [0.25, 0.3) is 0 Å². The number of halogens is 1. The smallest absolute Gasteiger partial charge is 0.436 e. The van der Waals surface area contributed by atoms with E-state index < -0.39 is 28.0 Å². The van der Waals surface area contributed by atoms with Crippen LogP contribution in [0.25, 0.3) is 0 Å². The number of ether oxygens (including phenoxy) is 2. The average molecular weight is 497 g/mol. The first kappa shape index (κ1) is 25.6. The van der Waals surface area contributed by atoms with Crippen LogP contribution in [0.5, 0.6) is 0 Å². The van der Waals surface area contributed by atoms with E-state index in [1.807, 2.05) is 0 Å². The molecule has 0 heterocycles. The highest BCUT2D eigenvalue weighted by Crippen LogP contribution is 2.29. The number of amides is 3. The summed E-state index contributed by atoms with van der Waals surface area (Å²) in [6, 6.07) is 9.43. The standard InChI is InChI=1S/C20H21ClN4O7S/c1-4-17(26)22-15-10-9-14(33(29,30)13-7-5-12(21)6-8-13)11-16(15)23-18(24-19(27)31-2)25-20(28)32-3/h5-11H,4H2,1-3H3,(H,22,26)(H2,23,24,25,27,28). The molecule has 0 radical (unpaired) electrons. The monoisotopic (exact) mass is 496 g/mol. The largest absolute Gasteiger partial charge is 0.453 e. The summed E-state index contributed by atoms with van der Waals surface area (Å²) in [6.07, 6.45) is -1.87. The lowest BCUT2D eigenvalue weighted by Gasteiger charge is -2.16. The van der Waals surface area contributed by atoms with E-state index in [2.05, 4.69) is 30.4 Å². The molecule has 0 aromatic heterocycles. The summed E-state index contributed by atoms with van der Waals surface area (Å²) >= 11 is 5.84. The third kappa shape index (κ3) is 6.92. The van der Waals surface area contributed by atoms with E-state index in [1.54, 1.807) is 6.92 Å². The molecule has 3 amide bonds. The van der Waals surface area contributed by atoms with Crippen molar-refractivity contribution in [2.75, 3.05) is 24.9 Å². The van der Waals surface area contributed by atoms with Gasteiger partial charge in [0.15, 0.2) is 0 Å². The molecule has 2 aromatic rings. The Hall–Kier alpha value is -3.64. The molecule has 2 aromatic carbocycles. The van der Waals surface area contributed by atoms with Gasteiger partial charge in [-0.1, -0.05) is 18.5 Å². The Morgan fingerprint density at radius 2 is 1.58 bits per heavy atom. The van der Waals surface area contributed by atoms with Gasteiger partial charge in [-0.2, -0.15) is 0 Å². The number of hydrogen-bond donors (Lipinski definition) is 3. The van der Waals surface area contributed by atoms with Crippen molar-refractivity contribution < 1.29 is 32.3 Å². The van der Waals surface area contributed by atoms with Gasteiger partial charge in [-0.15, -0.1) is 4.99 Å². The number of alkyl carbamates (subject to hydrolysis) is 1. The van der Waals surface area contributed by atoms with Crippen LogP contribution >= 0.6 is 11.6 Å². The highest BCUT2D eigenvalue weighted by atomic mass is 35.5. The third-order valence-electron chi connectivity index (χ3n) is 4.06. The van der Waals surface area contributed by atoms with Gasteiger partial charge in [0.1, 0.15) is 0 Å². The Morgan fingerprint density at radius 3 is 2.15 bits per heavy atom. The average Bonchev–Trinajstić information content (AvgIpc) is 2.79. The first-order valence-corrected chi connectivity index (χ1v) is 11.2. The predicted molar refractivity (Wildman–Crippen MR) is 121 cm³/mol. The van der Waals surface area contributed by atoms with Crippen molar-refractivity contribution in [2.24, 2.45) is 4.99 Å². The molecule has 0 spiro atoms. The number of rotatable bonds is 5. The lowest BCUT2D eigenvalue weighted by molar-refractivity contribution is -0.115. The topological polar surface area (TPSA) is 152 Å². The summed E-state index contributed by atoms with van der Waals surface area (Å²) in [4.78, 5) is 38.6. The van der Waals surface area contributed by atoms with Crippen LogP contribution in [0.1, 0.15) is 13.3 Å². The van der Waals surface area contributed by atoms with Gasteiger partial charge in [-0.05, 0) is 42.5 Å². The Labute approximate surface area is 195 Å². The lowest BCUT2D eigenvalue weighted by atomic mass is 10.2. The summed E-state index contributed by atoms with van der Waals surface area (Å²) < 4.78 is 35.1. The number of benzene rings is 2. The van der Waals surface area contributed by atoms with Crippen LogP contribution in [0.2, 0.25) is 5.02 Å². The van der Waals surface area contributed by atoms with Crippen molar-refractivity contribution in [2.45, 2.75) is 23.1 Å². The first-order valence-electron chi connectivity index (χ1n) is 9.33. The summed E-state index contributed by atoms with van der Waals surface area (Å²) in [5.41, 5.74) is 0.187. The van der Waals surface area contributed by atoms with Crippen LogP contribution in [-0.4, -0.2) is 46.7 Å². The maximum absolute atomic E-state index is 13.1. The van der Waals surface area contributed by atoms with Crippen LogP contribution < -0.4 is 16.0 Å². The second-order valence-corrected chi connectivity index (χ2v) is 8.62. The lowest BCUT2D eigenvalue weighted by Crippen LogP contribution is -2.36. The number of guanidine groups is 1. The first-order chi connectivity index (χ1) is 15.6. The van der Waals surface area contributed by atoms with E-state index in [1.165, 1.54) is 42.5 Å². The molecule has 0 saturated heterocycles. The van der Waals surface area contributed by atoms with Crippen LogP contribution in [0.4, 0.5) is 21.0 Å². The fourth-order valence-corrected chi connectivity index (χ4v) is 3.80. The summed E-state index contributed by atoms with van der Waals surface area (Å²) in [7, 11) is -1.80. The van der Waals surface area contributed by atoms with E-state index in [0.717, 1.165) is 14.2 Å². The van der Waals surface area contributed by atoms with Crippen LogP contribution in [-0.2, 0) is 24.1 Å². The van der Waals surface area contributed by atoms with E-state index in [0.29, 0.717) is 5.02 Å². The Morgan fingerprint density at radius 1 is 0.939 bits per heavy atom. The van der Waals surface area contributed by atoms with Gasteiger partial charge in [0, 0.05) is 11.4 Å². The van der Waals surface area contributed by atoms with E-state index in [4.69, 9.17) is 11.6 Å². The summed E-state index contributed by atoms with van der Waals surface area (Å²) in [5.74, 6) is -0.791. The zero-order valence-electron chi connectivity index (χ0n) is 17.8. The Kier molecular flexibility index (Phi) is 8.77. The van der Waals surface area contributed by atoms with Gasteiger partial charge in [0.05, 0.1) is 35.4 Å². The number of nitrogens with one attached hydrogen (secondary N) is 3. The molecule has 176 valence electrons. The van der Waals surface area contributed by atoms with Gasteiger partial charge in [-0.25, -0.2) is 18.0 Å². The number of methoxy groups -OCH3 is 2. The second kappa shape index (κ2) is 11.3. The highest BCUT2D eigenvalue weighted by Gasteiger charge is 2.21. The molecular formula is C20H21ClN4O7S. The maximum atomic E-state index is 13.1. The van der Waals surface area contributed by atoms with E-state index >= 15 is 0 Å². The minimum atomic E-state index is -3.98. The summed E-state index contributed by atoms with van der Waals surface area (Å²) in [6.45, 7) is 1.63. The zero-order valence-corrected chi connectivity index (χ0v) is 19.4. The second-order valence-electron chi connectivity index (χ2n) is 6.24. The Bertz CT molecular complexity index is 1180. The van der Waals surface area contributed by atoms with Crippen LogP contribution in [0.15, 0.2) is 57.2 Å². The van der Waals surface area contributed by atoms with E-state index in [-0.39, 0.29) is 33.5 Å². The molecule has 0 unspecified atom stereocenters. The number of carbonyl (C=O) groups is 3. The minimum absolute atomic E-state index is 0.0145. The number of nitrogens with zero attached hydrogens (tertiary/aromatic N) is 1.